The number of likely N-dealkylation sites (tertiary alicyclic amines) is 1. The third kappa shape index (κ3) is 5.84. The van der Waals surface area contributed by atoms with Crippen molar-refractivity contribution in [3.8, 4) is 0 Å². The van der Waals surface area contributed by atoms with Crippen molar-refractivity contribution in [1.82, 2.24) is 4.90 Å². The minimum Gasteiger partial charge on any atom is -0.390 e. The predicted octanol–water partition coefficient (Wildman–Crippen LogP) is 1.60. The first kappa shape index (κ1) is 19.4. The molecule has 2 fully saturated rings. The van der Waals surface area contributed by atoms with Gasteiger partial charge in [0, 0.05) is 19.5 Å². The number of piperidine rings is 1. The van der Waals surface area contributed by atoms with E-state index in [0.717, 1.165) is 38.8 Å². The van der Waals surface area contributed by atoms with Crippen LogP contribution in [0, 0.1) is 0 Å². The lowest BCUT2D eigenvalue weighted by Crippen LogP contribution is -2.48. The summed E-state index contributed by atoms with van der Waals surface area (Å²) >= 11 is 0. The molecule has 5 atom stereocenters. The van der Waals surface area contributed by atoms with E-state index < -0.39 is 18.5 Å². The summed E-state index contributed by atoms with van der Waals surface area (Å²) in [6.45, 7) is 5.42. The molecule has 1 amide bonds. The fourth-order valence-electron chi connectivity index (χ4n) is 3.10. The van der Waals surface area contributed by atoms with E-state index in [0.29, 0.717) is 0 Å². The molecule has 2 N–H and O–H groups in total. The van der Waals surface area contributed by atoms with Crippen LogP contribution in [0.3, 0.4) is 0 Å². The van der Waals surface area contributed by atoms with E-state index in [9.17, 15) is 15.0 Å². The van der Waals surface area contributed by atoms with Crippen molar-refractivity contribution in [3.05, 3.63) is 12.2 Å². The minimum atomic E-state index is -0.810. The molecule has 2 saturated heterocycles. The Morgan fingerprint density at radius 2 is 2.00 bits per heavy atom. The quantitative estimate of drug-likeness (QED) is 0.718. The molecule has 2 heterocycles. The Hall–Kier alpha value is -0.950. The van der Waals surface area contributed by atoms with Gasteiger partial charge in [0.25, 0.3) is 0 Å². The van der Waals surface area contributed by atoms with Gasteiger partial charge in [0.2, 0.25) is 5.91 Å². The normalized spacial score (nSPS) is 32.9. The number of nitrogens with zero attached hydrogens (tertiary/aromatic N) is 1. The van der Waals surface area contributed by atoms with E-state index in [1.54, 1.807) is 13.0 Å². The van der Waals surface area contributed by atoms with E-state index in [2.05, 4.69) is 0 Å². The third-order valence-electron chi connectivity index (χ3n) is 4.72. The fourth-order valence-corrected chi connectivity index (χ4v) is 3.10. The Morgan fingerprint density at radius 3 is 2.71 bits per heavy atom. The maximum Gasteiger partial charge on any atom is 0.246 e. The first-order valence-electron chi connectivity index (χ1n) is 9.10. The Labute approximate surface area is 144 Å². The van der Waals surface area contributed by atoms with Gasteiger partial charge in [-0.2, -0.15) is 0 Å². The van der Waals surface area contributed by atoms with Crippen molar-refractivity contribution < 1.29 is 24.5 Å². The van der Waals surface area contributed by atoms with Gasteiger partial charge in [-0.15, -0.1) is 0 Å². The zero-order valence-electron chi connectivity index (χ0n) is 14.8. The molecule has 0 saturated carbocycles. The van der Waals surface area contributed by atoms with Crippen molar-refractivity contribution in [1.29, 1.82) is 0 Å². The highest BCUT2D eigenvalue weighted by molar-refractivity contribution is 5.87. The molecule has 0 unspecified atom stereocenters. The zero-order valence-corrected chi connectivity index (χ0v) is 14.8. The molecular weight excluding hydrogens is 310 g/mol. The lowest BCUT2D eigenvalue weighted by Gasteiger charge is -2.36. The van der Waals surface area contributed by atoms with Crippen LogP contribution < -0.4 is 0 Å². The number of aliphatic hydroxyl groups excluding tert-OH is 2. The van der Waals surface area contributed by atoms with Gasteiger partial charge in [0.15, 0.2) is 6.29 Å². The number of amides is 1. The molecule has 0 bridgehead atoms. The zero-order chi connectivity index (χ0) is 17.5. The first-order chi connectivity index (χ1) is 11.5. The topological polar surface area (TPSA) is 79.2 Å². The van der Waals surface area contributed by atoms with E-state index in [4.69, 9.17) is 9.47 Å². The van der Waals surface area contributed by atoms with Gasteiger partial charge in [-0.05, 0) is 52.0 Å². The molecule has 2 rings (SSSR count). The van der Waals surface area contributed by atoms with E-state index in [-0.39, 0.29) is 24.5 Å². The van der Waals surface area contributed by atoms with Crippen molar-refractivity contribution in [2.75, 3.05) is 13.1 Å². The van der Waals surface area contributed by atoms with Gasteiger partial charge >= 0.3 is 0 Å². The second kappa shape index (κ2) is 9.51. The van der Waals surface area contributed by atoms with Crippen LogP contribution in [0.1, 0.15) is 52.4 Å². The molecule has 0 aromatic heterocycles. The van der Waals surface area contributed by atoms with Crippen LogP contribution in [-0.2, 0) is 14.3 Å². The maximum absolute atomic E-state index is 12.0. The van der Waals surface area contributed by atoms with Crippen molar-refractivity contribution in [3.63, 3.8) is 0 Å². The number of carbonyl (C=O) groups excluding carboxylic acids is 1. The smallest absolute Gasteiger partial charge is 0.246 e. The van der Waals surface area contributed by atoms with Crippen LogP contribution in [0.25, 0.3) is 0 Å². The number of hydrogen-bond donors (Lipinski definition) is 2. The van der Waals surface area contributed by atoms with Gasteiger partial charge < -0.3 is 24.6 Å². The number of allylic oxidation sites excluding steroid dienone is 1. The van der Waals surface area contributed by atoms with Crippen molar-refractivity contribution in [2.45, 2.75) is 83.1 Å². The van der Waals surface area contributed by atoms with Gasteiger partial charge in [-0.1, -0.05) is 6.08 Å². The van der Waals surface area contributed by atoms with Crippen LogP contribution >= 0.6 is 0 Å². The summed E-state index contributed by atoms with van der Waals surface area (Å²) in [5.74, 6) is 0.0946. The fraction of sp³-hybridized carbons (Fsp3) is 0.833. The summed E-state index contributed by atoms with van der Waals surface area (Å²) in [4.78, 5) is 13.9. The highest BCUT2D eigenvalue weighted by atomic mass is 16.7. The molecule has 0 aromatic rings. The summed E-state index contributed by atoms with van der Waals surface area (Å²) in [5, 5.41) is 19.6. The lowest BCUT2D eigenvalue weighted by atomic mass is 10.0. The number of hydrogen-bond acceptors (Lipinski definition) is 5. The molecule has 2 aliphatic rings. The van der Waals surface area contributed by atoms with Crippen molar-refractivity contribution >= 4 is 5.91 Å². The summed E-state index contributed by atoms with van der Waals surface area (Å²) in [7, 11) is 0. The number of carbonyl (C=O) groups is 1. The van der Waals surface area contributed by atoms with Crippen LogP contribution in [0.5, 0.6) is 0 Å². The average Bonchev–Trinajstić information content (AvgIpc) is 2.57. The van der Waals surface area contributed by atoms with Gasteiger partial charge in [-0.3, -0.25) is 4.79 Å². The number of aliphatic hydroxyl groups is 2. The summed E-state index contributed by atoms with van der Waals surface area (Å²) < 4.78 is 11.2. The standard InChI is InChI=1S/C18H31NO5/c1-13(23-18-16(21)12-15(20)14(2)24-18)8-4-5-9-17(22)19-10-6-3-7-11-19/h5,9,13-16,18,20-21H,3-4,6-8,10-12H2,1-2H3/b9-5+/t13-,14+,15-,16-,18-/m1/s1. The largest absolute Gasteiger partial charge is 0.390 e. The first-order valence-corrected chi connectivity index (χ1v) is 9.10. The average molecular weight is 341 g/mol. The maximum atomic E-state index is 12.0. The van der Waals surface area contributed by atoms with E-state index in [1.165, 1.54) is 6.42 Å². The van der Waals surface area contributed by atoms with Crippen molar-refractivity contribution in [2.24, 2.45) is 0 Å². The number of rotatable bonds is 6. The van der Waals surface area contributed by atoms with Crippen LogP contribution in [0.4, 0.5) is 0 Å². The monoisotopic (exact) mass is 341 g/mol. The molecule has 6 heteroatoms. The van der Waals surface area contributed by atoms with E-state index in [1.807, 2.05) is 17.9 Å². The van der Waals surface area contributed by atoms with Gasteiger partial charge in [0.05, 0.1) is 18.3 Å². The lowest BCUT2D eigenvalue weighted by molar-refractivity contribution is -0.273. The summed E-state index contributed by atoms with van der Waals surface area (Å²) in [6.07, 6.45) is 6.11. The predicted molar refractivity (Wildman–Crippen MR) is 90.3 cm³/mol. The molecule has 0 aromatic carbocycles. The molecular formula is C18H31NO5. The molecule has 0 radical (unpaired) electrons. The van der Waals surface area contributed by atoms with Crippen LogP contribution in [-0.4, -0.2) is 64.8 Å². The Morgan fingerprint density at radius 1 is 1.29 bits per heavy atom. The molecule has 0 aliphatic carbocycles. The summed E-state index contributed by atoms with van der Waals surface area (Å²) in [6, 6.07) is 0. The van der Waals surface area contributed by atoms with E-state index >= 15 is 0 Å². The second-order valence-corrected chi connectivity index (χ2v) is 6.89. The highest BCUT2D eigenvalue weighted by Crippen LogP contribution is 2.22. The molecule has 2 aliphatic heterocycles. The minimum absolute atomic E-state index is 0.0946. The molecule has 24 heavy (non-hydrogen) atoms. The Bertz CT molecular complexity index is 422. The SMILES string of the molecule is C[C@H](CC/C=C/C(=O)N1CCCCC1)O[C@@H]1O[C@@H](C)[C@H](O)C[C@H]1O. The molecule has 6 nitrogen and oxygen atoms in total. The Kier molecular flexibility index (Phi) is 7.68. The highest BCUT2D eigenvalue weighted by Gasteiger charge is 2.35. The van der Waals surface area contributed by atoms with Crippen LogP contribution in [0.15, 0.2) is 12.2 Å². The Balaban J connectivity index is 1.66. The van der Waals surface area contributed by atoms with Crippen LogP contribution in [0.2, 0.25) is 0 Å². The van der Waals surface area contributed by atoms with Gasteiger partial charge in [0.1, 0.15) is 6.10 Å². The van der Waals surface area contributed by atoms with Gasteiger partial charge in [-0.25, -0.2) is 0 Å². The molecule has 0 spiro atoms. The summed E-state index contributed by atoms with van der Waals surface area (Å²) in [5.41, 5.74) is 0. The molecule has 138 valence electrons. The second-order valence-electron chi connectivity index (χ2n) is 6.89. The third-order valence-corrected chi connectivity index (χ3v) is 4.72. The number of ether oxygens (including phenoxy) is 2.